The second-order valence-corrected chi connectivity index (χ2v) is 7.10. The van der Waals surface area contributed by atoms with E-state index in [1.54, 1.807) is 0 Å². The first kappa shape index (κ1) is 23.9. The molecule has 0 aromatic carbocycles. The Hall–Kier alpha value is -2.10. The molecule has 2 atom stereocenters. The number of piperidine rings is 1. The highest BCUT2D eigenvalue weighted by Gasteiger charge is 2.44. The summed E-state index contributed by atoms with van der Waals surface area (Å²) < 4.78 is 31.7. The lowest BCUT2D eigenvalue weighted by Crippen LogP contribution is -2.68. The Labute approximate surface area is 150 Å². The van der Waals surface area contributed by atoms with Crippen LogP contribution in [-0.4, -0.2) is 53.2 Å². The molecular weight excluding hydrogens is 355 g/mol. The Kier molecular flexibility index (Phi) is 8.29. The van der Waals surface area contributed by atoms with Gasteiger partial charge in [0.2, 0.25) is 11.8 Å². The van der Waals surface area contributed by atoms with Crippen LogP contribution in [0, 0.1) is 5.92 Å². The number of halogens is 3. The molecule has 26 heavy (non-hydrogen) atoms. The van der Waals surface area contributed by atoms with Gasteiger partial charge in [0.15, 0.2) is 0 Å². The molecule has 2 amide bonds. The quantitative estimate of drug-likeness (QED) is 0.550. The fraction of sp³-hybridized carbons (Fsp3) is 0.688. The Bertz CT molecular complexity index is 544. The molecule has 0 aromatic rings. The van der Waals surface area contributed by atoms with Crippen LogP contribution in [0.15, 0.2) is 12.7 Å². The van der Waals surface area contributed by atoms with E-state index in [9.17, 15) is 22.8 Å². The number of nitrogens with one attached hydrogen (secondary N) is 3. The molecule has 0 aliphatic carbocycles. The van der Waals surface area contributed by atoms with Gasteiger partial charge in [-0.3, -0.25) is 9.59 Å². The molecule has 0 radical (unpaired) electrons. The van der Waals surface area contributed by atoms with Crippen molar-refractivity contribution in [1.82, 2.24) is 16.0 Å². The third-order valence-corrected chi connectivity index (χ3v) is 3.36. The van der Waals surface area contributed by atoms with E-state index >= 15 is 0 Å². The van der Waals surface area contributed by atoms with E-state index in [4.69, 9.17) is 9.90 Å². The second kappa shape index (κ2) is 9.02. The molecule has 0 bridgehead atoms. The number of carboxylic acids is 1. The lowest BCUT2D eigenvalue weighted by molar-refractivity contribution is -0.192. The molecule has 7 nitrogen and oxygen atoms in total. The van der Waals surface area contributed by atoms with Crippen LogP contribution in [-0.2, 0) is 14.4 Å². The zero-order chi connectivity index (χ0) is 20.8. The molecule has 0 saturated carbocycles. The molecule has 1 fully saturated rings. The van der Waals surface area contributed by atoms with Crippen molar-refractivity contribution in [3.63, 3.8) is 0 Å². The van der Waals surface area contributed by atoms with E-state index in [1.165, 1.54) is 6.92 Å². The number of carbonyl (C=O) groups excluding carboxylic acids is 2. The SMILES string of the molecule is C=CC1CNCC(NC(C)=O)(C(=O)NC(C)(C)C)C1.O=C(O)C(F)(F)F. The summed E-state index contributed by atoms with van der Waals surface area (Å²) in [5.74, 6) is -2.93. The molecule has 1 rings (SSSR count). The Morgan fingerprint density at radius 2 is 1.77 bits per heavy atom. The first-order valence-electron chi connectivity index (χ1n) is 7.88. The highest BCUT2D eigenvalue weighted by Crippen LogP contribution is 2.23. The molecule has 2 unspecified atom stereocenters. The van der Waals surface area contributed by atoms with Gasteiger partial charge in [0.05, 0.1) is 0 Å². The number of carbonyl (C=O) groups is 3. The number of aliphatic carboxylic acids is 1. The maximum atomic E-state index is 12.5. The lowest BCUT2D eigenvalue weighted by Gasteiger charge is -2.41. The van der Waals surface area contributed by atoms with E-state index in [1.807, 2.05) is 26.8 Å². The number of alkyl halides is 3. The number of carboxylic acid groups (broad SMARTS) is 1. The molecule has 1 aliphatic rings. The molecule has 0 spiro atoms. The summed E-state index contributed by atoms with van der Waals surface area (Å²) in [7, 11) is 0. The third-order valence-electron chi connectivity index (χ3n) is 3.36. The Morgan fingerprint density at radius 3 is 2.12 bits per heavy atom. The molecule has 10 heteroatoms. The minimum absolute atomic E-state index is 0.144. The van der Waals surface area contributed by atoms with Gasteiger partial charge in [-0.15, -0.1) is 6.58 Å². The topological polar surface area (TPSA) is 108 Å². The summed E-state index contributed by atoms with van der Waals surface area (Å²) >= 11 is 0. The van der Waals surface area contributed by atoms with Crippen LogP contribution >= 0.6 is 0 Å². The fourth-order valence-corrected chi connectivity index (χ4v) is 2.35. The van der Waals surface area contributed by atoms with Crippen molar-refractivity contribution >= 4 is 17.8 Å². The van der Waals surface area contributed by atoms with Gasteiger partial charge in [0.1, 0.15) is 5.54 Å². The normalized spacial score (nSPS) is 23.1. The maximum absolute atomic E-state index is 12.5. The lowest BCUT2D eigenvalue weighted by atomic mass is 9.82. The van der Waals surface area contributed by atoms with E-state index in [0.717, 1.165) is 6.54 Å². The van der Waals surface area contributed by atoms with E-state index in [-0.39, 0.29) is 23.3 Å². The van der Waals surface area contributed by atoms with Crippen LogP contribution in [0.25, 0.3) is 0 Å². The van der Waals surface area contributed by atoms with Crippen LogP contribution in [0.5, 0.6) is 0 Å². The minimum Gasteiger partial charge on any atom is -0.475 e. The van der Waals surface area contributed by atoms with Crippen molar-refractivity contribution < 1.29 is 32.7 Å². The Morgan fingerprint density at radius 1 is 1.27 bits per heavy atom. The van der Waals surface area contributed by atoms with Gasteiger partial charge in [0.25, 0.3) is 0 Å². The first-order valence-corrected chi connectivity index (χ1v) is 7.88. The monoisotopic (exact) mass is 381 g/mol. The molecule has 1 aliphatic heterocycles. The van der Waals surface area contributed by atoms with Crippen LogP contribution in [0.4, 0.5) is 13.2 Å². The van der Waals surface area contributed by atoms with E-state index in [0.29, 0.717) is 13.0 Å². The molecule has 1 heterocycles. The largest absolute Gasteiger partial charge is 0.490 e. The fourth-order valence-electron chi connectivity index (χ4n) is 2.35. The van der Waals surface area contributed by atoms with Gasteiger partial charge in [0, 0.05) is 25.6 Å². The van der Waals surface area contributed by atoms with Crippen molar-refractivity contribution in [1.29, 1.82) is 0 Å². The average Bonchev–Trinajstić information content (AvgIpc) is 2.44. The number of rotatable bonds is 3. The summed E-state index contributed by atoms with van der Waals surface area (Å²) in [6, 6.07) is 0. The number of hydrogen-bond donors (Lipinski definition) is 4. The van der Waals surface area contributed by atoms with Gasteiger partial charge < -0.3 is 21.1 Å². The number of amides is 2. The minimum atomic E-state index is -5.08. The predicted octanol–water partition coefficient (Wildman–Crippen LogP) is 1.20. The highest BCUT2D eigenvalue weighted by molar-refractivity contribution is 5.91. The van der Waals surface area contributed by atoms with Gasteiger partial charge in [-0.1, -0.05) is 6.08 Å². The standard InChI is InChI=1S/C14H25N3O2.C2HF3O2/c1-6-11-7-14(9-15-8-11,16-10(2)18)12(19)17-13(3,4)5;3-2(4,5)1(6)7/h6,11,15H,1,7-9H2,2-5H3,(H,16,18)(H,17,19);(H,6,7). The van der Waals surface area contributed by atoms with Crippen LogP contribution in [0.2, 0.25) is 0 Å². The third kappa shape index (κ3) is 8.32. The summed E-state index contributed by atoms with van der Waals surface area (Å²) in [6.07, 6.45) is -2.68. The van der Waals surface area contributed by atoms with Crippen LogP contribution < -0.4 is 16.0 Å². The first-order chi connectivity index (χ1) is 11.6. The van der Waals surface area contributed by atoms with E-state index < -0.39 is 17.7 Å². The predicted molar refractivity (Wildman–Crippen MR) is 89.3 cm³/mol. The van der Waals surface area contributed by atoms with E-state index in [2.05, 4.69) is 22.5 Å². The Balaban J connectivity index is 0.000000758. The van der Waals surface area contributed by atoms with Crippen molar-refractivity contribution in [2.75, 3.05) is 13.1 Å². The van der Waals surface area contributed by atoms with Crippen molar-refractivity contribution in [2.24, 2.45) is 5.92 Å². The zero-order valence-corrected chi connectivity index (χ0v) is 15.3. The van der Waals surface area contributed by atoms with Crippen molar-refractivity contribution in [2.45, 2.75) is 51.4 Å². The van der Waals surface area contributed by atoms with Crippen molar-refractivity contribution in [3.8, 4) is 0 Å². The summed E-state index contributed by atoms with van der Waals surface area (Å²) in [5.41, 5.74) is -1.22. The van der Waals surface area contributed by atoms with Crippen LogP contribution in [0.1, 0.15) is 34.1 Å². The molecule has 0 aromatic heterocycles. The summed E-state index contributed by atoms with van der Waals surface area (Å²) in [6.45, 7) is 12.2. The second-order valence-electron chi connectivity index (χ2n) is 7.10. The summed E-state index contributed by atoms with van der Waals surface area (Å²) in [5, 5.41) is 16.1. The van der Waals surface area contributed by atoms with Crippen LogP contribution in [0.3, 0.4) is 0 Å². The maximum Gasteiger partial charge on any atom is 0.490 e. The highest BCUT2D eigenvalue weighted by atomic mass is 19.4. The van der Waals surface area contributed by atoms with Gasteiger partial charge >= 0.3 is 12.1 Å². The van der Waals surface area contributed by atoms with Crippen molar-refractivity contribution in [3.05, 3.63) is 12.7 Å². The number of hydrogen-bond acceptors (Lipinski definition) is 4. The summed E-state index contributed by atoms with van der Waals surface area (Å²) in [4.78, 5) is 32.9. The average molecular weight is 381 g/mol. The zero-order valence-electron chi connectivity index (χ0n) is 15.3. The van der Waals surface area contributed by atoms with Gasteiger partial charge in [-0.25, -0.2) is 4.79 Å². The molecule has 150 valence electrons. The molecule has 1 saturated heterocycles. The van der Waals surface area contributed by atoms with Gasteiger partial charge in [-0.05, 0) is 33.1 Å². The smallest absolute Gasteiger partial charge is 0.475 e. The molecule has 4 N–H and O–H groups in total. The van der Waals surface area contributed by atoms with Gasteiger partial charge in [-0.2, -0.15) is 13.2 Å². The molecular formula is C16H26F3N3O4.